The smallest absolute Gasteiger partial charge is 0.307 e. The molecule has 0 saturated carbocycles. The number of benzene rings is 1. The van der Waals surface area contributed by atoms with E-state index in [4.69, 9.17) is 4.52 Å². The van der Waals surface area contributed by atoms with Gasteiger partial charge in [0.15, 0.2) is 0 Å². The Morgan fingerprint density at radius 1 is 1.36 bits per heavy atom. The maximum absolute atomic E-state index is 13.0. The monoisotopic (exact) mass is 365 g/mol. The number of aromatic nitrogens is 2. The topological polar surface area (TPSA) is 114 Å². The third kappa shape index (κ3) is 3.42. The van der Waals surface area contributed by atoms with E-state index in [2.05, 4.69) is 10.1 Å². The lowest BCUT2D eigenvalue weighted by molar-refractivity contribution is -0.142. The minimum absolute atomic E-state index is 0.0113. The van der Waals surface area contributed by atoms with E-state index >= 15 is 0 Å². The first-order valence-corrected chi connectivity index (χ1v) is 9.37. The molecule has 0 amide bonds. The van der Waals surface area contributed by atoms with Crippen LogP contribution in [0.15, 0.2) is 27.6 Å². The van der Waals surface area contributed by atoms with Crippen LogP contribution >= 0.6 is 0 Å². The van der Waals surface area contributed by atoms with Gasteiger partial charge in [0.05, 0.1) is 10.8 Å². The molecular weight excluding hydrogens is 346 g/mol. The molecule has 0 bridgehead atoms. The zero-order valence-corrected chi connectivity index (χ0v) is 14.8. The van der Waals surface area contributed by atoms with Gasteiger partial charge < -0.3 is 9.63 Å². The average molecular weight is 365 g/mol. The summed E-state index contributed by atoms with van der Waals surface area (Å²) in [4.78, 5) is 15.5. The quantitative estimate of drug-likeness (QED) is 0.879. The van der Waals surface area contributed by atoms with E-state index in [1.165, 1.54) is 10.4 Å². The lowest BCUT2D eigenvalue weighted by Gasteiger charge is -2.30. The van der Waals surface area contributed by atoms with Crippen molar-refractivity contribution >= 4 is 16.0 Å². The van der Waals surface area contributed by atoms with Crippen molar-refractivity contribution in [3.05, 3.63) is 29.7 Å². The van der Waals surface area contributed by atoms with Gasteiger partial charge in [-0.25, -0.2) is 8.42 Å². The molecular formula is C16H19N3O5S. The molecule has 1 saturated heterocycles. The molecule has 1 aromatic carbocycles. The lowest BCUT2D eigenvalue weighted by atomic mass is 10.0. The zero-order chi connectivity index (χ0) is 18.2. The van der Waals surface area contributed by atoms with E-state index in [1.807, 2.05) is 0 Å². The van der Waals surface area contributed by atoms with E-state index in [1.54, 1.807) is 26.0 Å². The van der Waals surface area contributed by atoms with Crippen LogP contribution in [0.2, 0.25) is 0 Å². The number of hydrogen-bond donors (Lipinski definition) is 1. The summed E-state index contributed by atoms with van der Waals surface area (Å²) in [5, 5.41) is 13.0. The van der Waals surface area contributed by atoms with Crippen LogP contribution in [0.25, 0.3) is 11.4 Å². The van der Waals surface area contributed by atoms with E-state index in [-0.39, 0.29) is 11.4 Å². The maximum Gasteiger partial charge on any atom is 0.307 e. The normalized spacial score (nSPS) is 19.0. The van der Waals surface area contributed by atoms with E-state index in [0.29, 0.717) is 42.2 Å². The van der Waals surface area contributed by atoms with Crippen molar-refractivity contribution in [1.29, 1.82) is 0 Å². The van der Waals surface area contributed by atoms with Gasteiger partial charge in [0.1, 0.15) is 0 Å². The second-order valence-corrected chi connectivity index (χ2v) is 8.06. The predicted molar refractivity (Wildman–Crippen MR) is 88.3 cm³/mol. The van der Waals surface area contributed by atoms with Gasteiger partial charge >= 0.3 is 5.97 Å². The van der Waals surface area contributed by atoms with Crippen molar-refractivity contribution in [1.82, 2.24) is 14.4 Å². The molecule has 9 heteroatoms. The van der Waals surface area contributed by atoms with E-state index in [9.17, 15) is 18.3 Å². The number of carboxylic acid groups (broad SMARTS) is 1. The highest BCUT2D eigenvalue weighted by molar-refractivity contribution is 7.89. The van der Waals surface area contributed by atoms with Crippen molar-refractivity contribution in [2.75, 3.05) is 13.1 Å². The summed E-state index contributed by atoms with van der Waals surface area (Å²) in [6.07, 6.45) is 1.02. The van der Waals surface area contributed by atoms with Crippen LogP contribution in [0.1, 0.15) is 24.3 Å². The molecule has 1 N–H and O–H groups in total. The molecule has 8 nitrogen and oxygen atoms in total. The van der Waals surface area contributed by atoms with Crippen LogP contribution in [0, 0.1) is 19.8 Å². The Kier molecular flexibility index (Phi) is 4.61. The SMILES string of the molecule is Cc1nc(-c2ccc(C)c(S(=O)(=O)N3CCCC(C(=O)O)C3)c2)no1. The molecule has 2 aromatic rings. The Morgan fingerprint density at radius 2 is 2.12 bits per heavy atom. The van der Waals surface area contributed by atoms with Crippen molar-refractivity contribution < 1.29 is 22.8 Å². The summed E-state index contributed by atoms with van der Waals surface area (Å²) in [6, 6.07) is 4.93. The third-order valence-corrected chi connectivity index (χ3v) is 6.33. The van der Waals surface area contributed by atoms with Gasteiger partial charge in [-0.1, -0.05) is 17.3 Å². The van der Waals surface area contributed by atoms with Gasteiger partial charge in [-0.15, -0.1) is 0 Å². The first-order valence-electron chi connectivity index (χ1n) is 7.93. The number of carboxylic acids is 1. The Balaban J connectivity index is 1.98. The fourth-order valence-corrected chi connectivity index (χ4v) is 4.71. The third-order valence-electron chi connectivity index (χ3n) is 4.33. The van der Waals surface area contributed by atoms with Gasteiger partial charge in [0.25, 0.3) is 0 Å². The number of piperidine rings is 1. The van der Waals surface area contributed by atoms with Crippen LogP contribution in [-0.2, 0) is 14.8 Å². The molecule has 0 aliphatic carbocycles. The molecule has 1 aromatic heterocycles. The lowest BCUT2D eigenvalue weighted by Crippen LogP contribution is -2.42. The highest BCUT2D eigenvalue weighted by Crippen LogP contribution is 2.28. The molecule has 3 rings (SSSR count). The van der Waals surface area contributed by atoms with Crippen molar-refractivity contribution in [2.24, 2.45) is 5.92 Å². The van der Waals surface area contributed by atoms with Crippen molar-refractivity contribution in [3.8, 4) is 11.4 Å². The number of hydrogen-bond acceptors (Lipinski definition) is 6. The van der Waals surface area contributed by atoms with Crippen LogP contribution in [0.3, 0.4) is 0 Å². The fourth-order valence-electron chi connectivity index (χ4n) is 2.93. The Hall–Kier alpha value is -2.26. The van der Waals surface area contributed by atoms with Crippen LogP contribution in [0.4, 0.5) is 0 Å². The van der Waals surface area contributed by atoms with Gasteiger partial charge in [0, 0.05) is 25.6 Å². The first kappa shape index (κ1) is 17.6. The molecule has 0 spiro atoms. The zero-order valence-electron chi connectivity index (χ0n) is 14.0. The summed E-state index contributed by atoms with van der Waals surface area (Å²) in [5.74, 6) is -0.934. The Morgan fingerprint density at radius 3 is 2.76 bits per heavy atom. The van der Waals surface area contributed by atoms with Crippen LogP contribution in [-0.4, -0.2) is 47.0 Å². The summed E-state index contributed by atoms with van der Waals surface area (Å²) in [7, 11) is -3.80. The molecule has 25 heavy (non-hydrogen) atoms. The summed E-state index contributed by atoms with van der Waals surface area (Å²) in [5.41, 5.74) is 1.12. The van der Waals surface area contributed by atoms with E-state index in [0.717, 1.165) is 0 Å². The Labute approximate surface area is 145 Å². The number of sulfonamides is 1. The molecule has 134 valence electrons. The summed E-state index contributed by atoms with van der Waals surface area (Å²) >= 11 is 0. The second kappa shape index (κ2) is 6.57. The molecule has 1 aliphatic rings. The van der Waals surface area contributed by atoms with E-state index < -0.39 is 21.9 Å². The number of rotatable bonds is 4. The molecule has 1 unspecified atom stereocenters. The number of nitrogens with zero attached hydrogens (tertiary/aromatic N) is 3. The maximum atomic E-state index is 13.0. The molecule has 2 heterocycles. The largest absolute Gasteiger partial charge is 0.481 e. The number of aryl methyl sites for hydroxylation is 2. The molecule has 1 aliphatic heterocycles. The summed E-state index contributed by atoms with van der Waals surface area (Å²) < 4.78 is 32.3. The number of aliphatic carboxylic acids is 1. The highest BCUT2D eigenvalue weighted by atomic mass is 32.2. The van der Waals surface area contributed by atoms with Gasteiger partial charge in [-0.2, -0.15) is 9.29 Å². The van der Waals surface area contributed by atoms with Crippen molar-refractivity contribution in [3.63, 3.8) is 0 Å². The highest BCUT2D eigenvalue weighted by Gasteiger charge is 2.34. The summed E-state index contributed by atoms with van der Waals surface area (Å²) in [6.45, 7) is 3.67. The molecule has 1 atom stereocenters. The number of carbonyl (C=O) groups is 1. The fraction of sp³-hybridized carbons (Fsp3) is 0.438. The van der Waals surface area contributed by atoms with Crippen molar-refractivity contribution in [2.45, 2.75) is 31.6 Å². The first-order chi connectivity index (χ1) is 11.8. The standard InChI is InChI=1S/C16H19N3O5S/c1-10-5-6-12(15-17-11(2)24-18-15)8-14(10)25(22,23)19-7-3-4-13(9-19)16(20)21/h5-6,8,13H,3-4,7,9H2,1-2H3,(H,20,21). The minimum Gasteiger partial charge on any atom is -0.481 e. The van der Waals surface area contributed by atoms with Gasteiger partial charge in [-0.05, 0) is 31.4 Å². The Bertz CT molecular complexity index is 906. The molecule has 0 radical (unpaired) electrons. The predicted octanol–water partition coefficient (Wildman–Crippen LogP) is 1.84. The minimum atomic E-state index is -3.80. The van der Waals surface area contributed by atoms with Crippen LogP contribution in [0.5, 0.6) is 0 Å². The molecule has 1 fully saturated rings. The average Bonchev–Trinajstić information content (AvgIpc) is 3.01. The van der Waals surface area contributed by atoms with Gasteiger partial charge in [0.2, 0.25) is 21.7 Å². The van der Waals surface area contributed by atoms with Crippen LogP contribution < -0.4 is 0 Å². The van der Waals surface area contributed by atoms with Gasteiger partial charge in [-0.3, -0.25) is 4.79 Å². The second-order valence-electron chi connectivity index (χ2n) is 6.16.